The topological polar surface area (TPSA) is 100 Å². The highest BCUT2D eigenvalue weighted by Gasteiger charge is 2.10. The van der Waals surface area contributed by atoms with Crippen LogP contribution in [-0.4, -0.2) is 36.8 Å². The smallest absolute Gasteiger partial charge is 0.259 e. The van der Waals surface area contributed by atoms with Gasteiger partial charge in [0.1, 0.15) is 0 Å². The summed E-state index contributed by atoms with van der Waals surface area (Å²) < 4.78 is 5.79. The summed E-state index contributed by atoms with van der Waals surface area (Å²) in [7, 11) is 1.44. The third kappa shape index (κ3) is 5.45. The zero-order valence-corrected chi connectivity index (χ0v) is 15.5. The molecule has 2 amide bonds. The number of phenolic OH excluding ortho intramolecular Hbond substituents is 1. The molecule has 0 aliphatic carbocycles. The molecular weight excluding hydrogens is 437 g/mol. The SMILES string of the molecule is COc1cc(/C=N/NC(=O)CNC(=O)c2ccccc2I)ccc1O. The molecule has 8 heteroatoms. The van der Waals surface area contributed by atoms with Crippen LogP contribution in [0.1, 0.15) is 15.9 Å². The Morgan fingerprint density at radius 1 is 1.28 bits per heavy atom. The lowest BCUT2D eigenvalue weighted by molar-refractivity contribution is -0.120. The summed E-state index contributed by atoms with van der Waals surface area (Å²) in [6, 6.07) is 11.7. The zero-order chi connectivity index (χ0) is 18.2. The van der Waals surface area contributed by atoms with E-state index in [1.54, 1.807) is 24.3 Å². The number of nitrogens with zero attached hydrogens (tertiary/aromatic N) is 1. The highest BCUT2D eigenvalue weighted by atomic mass is 127. The molecule has 0 aliphatic heterocycles. The van der Waals surface area contributed by atoms with E-state index in [0.717, 1.165) is 3.57 Å². The maximum absolute atomic E-state index is 12.0. The van der Waals surface area contributed by atoms with Crippen molar-refractivity contribution in [3.05, 3.63) is 57.2 Å². The highest BCUT2D eigenvalue weighted by Crippen LogP contribution is 2.25. The highest BCUT2D eigenvalue weighted by molar-refractivity contribution is 14.1. The number of aromatic hydroxyl groups is 1. The third-order valence-corrected chi connectivity index (χ3v) is 4.08. The van der Waals surface area contributed by atoms with E-state index in [9.17, 15) is 14.7 Å². The molecule has 3 N–H and O–H groups in total. The molecule has 2 aromatic rings. The number of hydrazone groups is 1. The summed E-state index contributed by atoms with van der Waals surface area (Å²) in [6.07, 6.45) is 1.40. The number of carbonyl (C=O) groups is 2. The summed E-state index contributed by atoms with van der Waals surface area (Å²) in [6.45, 7) is -0.194. The fourth-order valence-electron chi connectivity index (χ4n) is 1.89. The molecular formula is C17H16IN3O4. The van der Waals surface area contributed by atoms with Crippen molar-refractivity contribution >= 4 is 40.6 Å². The van der Waals surface area contributed by atoms with Crippen LogP contribution in [0.15, 0.2) is 47.6 Å². The molecule has 0 saturated heterocycles. The first-order chi connectivity index (χ1) is 12.0. The number of ether oxygens (including phenoxy) is 1. The van der Waals surface area contributed by atoms with E-state index in [2.05, 4.69) is 38.4 Å². The number of methoxy groups -OCH3 is 1. The largest absolute Gasteiger partial charge is 0.504 e. The normalized spacial score (nSPS) is 10.5. The first-order valence-electron chi connectivity index (χ1n) is 7.23. The maximum atomic E-state index is 12.0. The van der Waals surface area contributed by atoms with E-state index in [-0.39, 0.29) is 18.2 Å². The predicted molar refractivity (Wildman–Crippen MR) is 102 cm³/mol. The van der Waals surface area contributed by atoms with E-state index in [1.165, 1.54) is 19.4 Å². The number of nitrogens with one attached hydrogen (secondary N) is 2. The summed E-state index contributed by atoms with van der Waals surface area (Å²) in [5.41, 5.74) is 3.46. The molecule has 0 radical (unpaired) electrons. The molecule has 0 fully saturated rings. The number of carbonyl (C=O) groups excluding carboxylic acids is 2. The second-order valence-corrected chi connectivity index (χ2v) is 6.05. The first kappa shape index (κ1) is 18.7. The standard InChI is InChI=1S/C17H16IN3O4/c1-25-15-8-11(6-7-14(15)22)9-20-21-16(23)10-19-17(24)12-4-2-3-5-13(12)18/h2-9,22H,10H2,1H3,(H,19,24)(H,21,23)/b20-9+. The van der Waals surface area contributed by atoms with Gasteiger partial charge in [-0.2, -0.15) is 5.10 Å². The lowest BCUT2D eigenvalue weighted by Gasteiger charge is -2.06. The maximum Gasteiger partial charge on any atom is 0.259 e. The molecule has 130 valence electrons. The monoisotopic (exact) mass is 453 g/mol. The molecule has 7 nitrogen and oxygen atoms in total. The molecule has 0 spiro atoms. The van der Waals surface area contributed by atoms with Crippen LogP contribution in [0.25, 0.3) is 0 Å². The van der Waals surface area contributed by atoms with Crippen LogP contribution in [0.2, 0.25) is 0 Å². The number of halogens is 1. The average molecular weight is 453 g/mol. The van der Waals surface area contributed by atoms with Gasteiger partial charge in [0.25, 0.3) is 11.8 Å². The quantitative estimate of drug-likeness (QED) is 0.354. The van der Waals surface area contributed by atoms with Gasteiger partial charge in [-0.1, -0.05) is 12.1 Å². The van der Waals surface area contributed by atoms with Crippen LogP contribution < -0.4 is 15.5 Å². The van der Waals surface area contributed by atoms with E-state index in [0.29, 0.717) is 16.9 Å². The summed E-state index contributed by atoms with van der Waals surface area (Å²) in [5.74, 6) is -0.462. The van der Waals surface area contributed by atoms with Crippen LogP contribution in [0.3, 0.4) is 0 Å². The Labute approximate surface area is 158 Å². The molecule has 2 rings (SSSR count). The van der Waals surface area contributed by atoms with Gasteiger partial charge in [-0.05, 0) is 58.5 Å². The van der Waals surface area contributed by atoms with Gasteiger partial charge in [0.15, 0.2) is 11.5 Å². The Kier molecular flexibility index (Phi) is 6.75. The number of phenols is 1. The second-order valence-electron chi connectivity index (χ2n) is 4.89. The molecule has 0 aliphatic rings. The van der Waals surface area contributed by atoms with E-state index in [4.69, 9.17) is 4.74 Å². The summed E-state index contributed by atoms with van der Waals surface area (Å²) in [5, 5.41) is 15.8. The van der Waals surface area contributed by atoms with E-state index >= 15 is 0 Å². The van der Waals surface area contributed by atoms with Gasteiger partial charge in [0.2, 0.25) is 0 Å². The Balaban J connectivity index is 1.84. The molecule has 25 heavy (non-hydrogen) atoms. The third-order valence-electron chi connectivity index (χ3n) is 3.13. The van der Waals surface area contributed by atoms with Gasteiger partial charge in [-0.15, -0.1) is 0 Å². The van der Waals surface area contributed by atoms with Crippen molar-refractivity contribution in [2.45, 2.75) is 0 Å². The summed E-state index contributed by atoms with van der Waals surface area (Å²) >= 11 is 2.06. The van der Waals surface area contributed by atoms with E-state index in [1.807, 2.05) is 12.1 Å². The van der Waals surface area contributed by atoms with Gasteiger partial charge < -0.3 is 15.2 Å². The van der Waals surface area contributed by atoms with Crippen LogP contribution in [0, 0.1) is 3.57 Å². The Hall–Kier alpha value is -2.62. The molecule has 0 bridgehead atoms. The van der Waals surface area contributed by atoms with Crippen molar-refractivity contribution in [2.24, 2.45) is 5.10 Å². The lowest BCUT2D eigenvalue weighted by atomic mass is 10.2. The Bertz CT molecular complexity index is 808. The predicted octanol–water partition coefficient (Wildman–Crippen LogP) is 1.89. The van der Waals surface area contributed by atoms with Crippen molar-refractivity contribution in [3.8, 4) is 11.5 Å². The van der Waals surface area contributed by atoms with Gasteiger partial charge in [-0.3, -0.25) is 9.59 Å². The number of hydrogen-bond donors (Lipinski definition) is 3. The minimum atomic E-state index is -0.457. The van der Waals surface area contributed by atoms with Crippen LogP contribution in [0.5, 0.6) is 11.5 Å². The zero-order valence-electron chi connectivity index (χ0n) is 13.3. The second kappa shape index (κ2) is 9.02. The number of hydrogen-bond acceptors (Lipinski definition) is 5. The minimum absolute atomic E-state index is 0.0157. The Morgan fingerprint density at radius 3 is 2.76 bits per heavy atom. The average Bonchev–Trinajstić information content (AvgIpc) is 2.61. The molecule has 0 atom stereocenters. The molecule has 2 aromatic carbocycles. The van der Waals surface area contributed by atoms with Crippen molar-refractivity contribution in [3.63, 3.8) is 0 Å². The van der Waals surface area contributed by atoms with Gasteiger partial charge in [0.05, 0.1) is 25.4 Å². The Morgan fingerprint density at radius 2 is 2.04 bits per heavy atom. The van der Waals surface area contributed by atoms with Gasteiger partial charge >= 0.3 is 0 Å². The van der Waals surface area contributed by atoms with Crippen LogP contribution >= 0.6 is 22.6 Å². The number of amides is 2. The van der Waals surface area contributed by atoms with E-state index < -0.39 is 5.91 Å². The molecule has 0 aromatic heterocycles. The fourth-order valence-corrected chi connectivity index (χ4v) is 2.53. The van der Waals surface area contributed by atoms with Crippen LogP contribution in [-0.2, 0) is 4.79 Å². The van der Waals surface area contributed by atoms with Crippen molar-refractivity contribution in [1.29, 1.82) is 0 Å². The van der Waals surface area contributed by atoms with Gasteiger partial charge in [-0.25, -0.2) is 5.43 Å². The van der Waals surface area contributed by atoms with Gasteiger partial charge in [0, 0.05) is 3.57 Å². The first-order valence-corrected chi connectivity index (χ1v) is 8.30. The molecule has 0 unspecified atom stereocenters. The van der Waals surface area contributed by atoms with Crippen molar-refractivity contribution < 1.29 is 19.4 Å². The lowest BCUT2D eigenvalue weighted by Crippen LogP contribution is -2.35. The minimum Gasteiger partial charge on any atom is -0.504 e. The summed E-state index contributed by atoms with van der Waals surface area (Å²) in [4.78, 5) is 23.7. The number of rotatable bonds is 6. The fraction of sp³-hybridized carbons (Fsp3) is 0.118. The molecule has 0 saturated carbocycles. The van der Waals surface area contributed by atoms with Crippen molar-refractivity contribution in [1.82, 2.24) is 10.7 Å². The number of benzene rings is 2. The molecule has 0 heterocycles. The van der Waals surface area contributed by atoms with Crippen LogP contribution in [0.4, 0.5) is 0 Å². The van der Waals surface area contributed by atoms with Crippen molar-refractivity contribution in [2.75, 3.05) is 13.7 Å².